The lowest BCUT2D eigenvalue weighted by molar-refractivity contribution is -0.376. The number of amides is 5. The van der Waals surface area contributed by atoms with Crippen molar-refractivity contribution < 1.29 is 45.8 Å². The van der Waals surface area contributed by atoms with Gasteiger partial charge in [0.15, 0.2) is 0 Å². The second-order valence-corrected chi connectivity index (χ2v) is 11.3. The van der Waals surface area contributed by atoms with Crippen molar-refractivity contribution >= 4 is 46.2 Å². The number of hydrogen-bond donors (Lipinski definition) is 4. The van der Waals surface area contributed by atoms with E-state index in [1.54, 1.807) is 28.0 Å². The van der Waals surface area contributed by atoms with E-state index in [1.165, 1.54) is 0 Å². The normalized spacial score (nSPS) is 16.5. The molecule has 0 aromatic heterocycles. The van der Waals surface area contributed by atoms with Crippen molar-refractivity contribution in [3.05, 3.63) is 64.7 Å². The zero-order valence-electron chi connectivity index (χ0n) is 23.8. The minimum Gasteiger partial charge on any atom is -0.369 e. The summed E-state index contributed by atoms with van der Waals surface area (Å²) in [7, 11) is 0. The first-order chi connectivity index (χ1) is 21.1. The minimum atomic E-state index is -5.95. The highest BCUT2D eigenvalue weighted by atomic mass is 127. The molecule has 0 spiro atoms. The predicted octanol–water partition coefficient (Wildman–Crippen LogP) is 4.04. The van der Waals surface area contributed by atoms with Gasteiger partial charge in [-0.1, -0.05) is 46.9 Å². The lowest BCUT2D eigenvalue weighted by Gasteiger charge is -2.35. The van der Waals surface area contributed by atoms with Crippen LogP contribution in [0, 0.1) is 0 Å². The van der Waals surface area contributed by atoms with Gasteiger partial charge in [0.25, 0.3) is 11.5 Å². The molecule has 2 aliphatic heterocycles. The van der Waals surface area contributed by atoms with E-state index < -0.39 is 29.5 Å². The van der Waals surface area contributed by atoms with Crippen molar-refractivity contribution in [1.29, 1.82) is 0 Å². The second-order valence-electron chi connectivity index (χ2n) is 10.6. The molecule has 0 unspecified atom stereocenters. The number of urea groups is 2. The summed E-state index contributed by atoms with van der Waals surface area (Å²) in [4.78, 5) is 42.3. The number of benzene rings is 2. The molecule has 4 N–H and O–H groups in total. The summed E-state index contributed by atoms with van der Waals surface area (Å²) in [6, 6.07) is 7.82. The highest BCUT2D eigenvalue weighted by Crippen LogP contribution is 2.50. The Morgan fingerprint density at radius 2 is 1.58 bits per heavy atom. The van der Waals surface area contributed by atoms with E-state index in [4.69, 9.17) is 0 Å². The Bertz CT molecular complexity index is 1370. The summed E-state index contributed by atoms with van der Waals surface area (Å²) in [5.41, 5.74) is -4.14. The van der Waals surface area contributed by atoms with Crippen molar-refractivity contribution in [2.45, 2.75) is 28.9 Å². The lowest BCUT2D eigenvalue weighted by Crippen LogP contribution is -2.53. The summed E-state index contributed by atoms with van der Waals surface area (Å²) < 4.78 is 79.4. The van der Waals surface area contributed by atoms with Crippen molar-refractivity contribution in [3.8, 4) is 0 Å². The van der Waals surface area contributed by atoms with Crippen molar-refractivity contribution in [2.75, 3.05) is 57.7 Å². The molecule has 4 rings (SSSR count). The number of halogens is 7. The summed E-state index contributed by atoms with van der Waals surface area (Å²) in [5.74, 6) is -0.219. The number of carbonyl (C=O) groups is 3. The molecule has 0 radical (unpaired) electrons. The molecule has 2 aliphatic rings. The average Bonchev–Trinajstić information content (AvgIpc) is 3.40. The monoisotopic (exact) mass is 756 g/mol. The molecule has 0 bridgehead atoms. The molecule has 2 aromatic rings. The fourth-order valence-corrected chi connectivity index (χ4v) is 5.67. The molecule has 10 nitrogen and oxygen atoms in total. The van der Waals surface area contributed by atoms with Gasteiger partial charge in [-0.2, -0.15) is 26.3 Å². The van der Waals surface area contributed by atoms with Crippen molar-refractivity contribution in [3.63, 3.8) is 0 Å². The second kappa shape index (κ2) is 14.0. The van der Waals surface area contributed by atoms with Crippen LogP contribution >= 0.6 is 22.6 Å². The maximum atomic E-state index is 13.2. The smallest absolute Gasteiger partial charge is 0.369 e. The highest BCUT2D eigenvalue weighted by molar-refractivity contribution is 14.1. The van der Waals surface area contributed by atoms with Gasteiger partial charge in [0, 0.05) is 80.1 Å². The van der Waals surface area contributed by atoms with E-state index in [9.17, 15) is 45.8 Å². The first-order valence-corrected chi connectivity index (χ1v) is 15.4. The van der Waals surface area contributed by atoms with Crippen LogP contribution in [0.2, 0.25) is 0 Å². The number of anilines is 1. The fourth-order valence-electron chi connectivity index (χ4n) is 5.04. The van der Waals surface area contributed by atoms with Gasteiger partial charge in [0.1, 0.15) is 0 Å². The molecule has 0 atom stereocenters. The number of aliphatic hydroxyl groups is 1. The Labute approximate surface area is 268 Å². The predicted molar refractivity (Wildman–Crippen MR) is 160 cm³/mol. The van der Waals surface area contributed by atoms with Gasteiger partial charge in [0.2, 0.25) is 0 Å². The Morgan fingerprint density at radius 3 is 2.13 bits per heavy atom. The van der Waals surface area contributed by atoms with Crippen LogP contribution in [0.4, 0.5) is 41.6 Å². The number of alkyl halides is 7. The van der Waals surface area contributed by atoms with Crippen LogP contribution in [0.5, 0.6) is 0 Å². The van der Waals surface area contributed by atoms with E-state index >= 15 is 0 Å². The number of piperazine rings is 1. The van der Waals surface area contributed by atoms with Crippen LogP contribution in [0.15, 0.2) is 42.5 Å². The van der Waals surface area contributed by atoms with Crippen LogP contribution in [0.25, 0.3) is 0 Å². The van der Waals surface area contributed by atoms with Crippen LogP contribution < -0.4 is 16.0 Å². The summed E-state index contributed by atoms with van der Waals surface area (Å²) >= 11 is 2.12. The molecule has 5 amide bonds. The minimum absolute atomic E-state index is 0.171. The van der Waals surface area contributed by atoms with Gasteiger partial charge in [-0.25, -0.2) is 9.59 Å². The SMILES string of the molecule is O=C(NCCN1CCNC1=O)Nc1ccc(C(=O)N2CCN(Cc3ccc(C(O)(C(F)(F)F)C(F)(F)F)cc3)CC2)cc1CI. The standard InChI is InChI=1S/C28H31F6IN6O4/c29-27(30,31)26(45,28(32,33)34)21-4-1-18(2-5-21)17-39-11-13-40(14-12-39)23(42)19-3-6-22(20(15-19)16-35)38-24(43)36-7-9-41-10-8-37-25(41)44/h1-6,15,45H,7-14,16-17H2,(H,37,44)(H2,36,38,43). The zero-order valence-corrected chi connectivity index (χ0v) is 25.9. The Morgan fingerprint density at radius 1 is 0.933 bits per heavy atom. The van der Waals surface area contributed by atoms with E-state index in [2.05, 4.69) is 38.5 Å². The van der Waals surface area contributed by atoms with Crippen molar-refractivity contribution in [2.24, 2.45) is 0 Å². The van der Waals surface area contributed by atoms with E-state index in [-0.39, 0.29) is 25.0 Å². The highest BCUT2D eigenvalue weighted by Gasteiger charge is 2.71. The first-order valence-electron chi connectivity index (χ1n) is 13.9. The third-order valence-corrected chi connectivity index (χ3v) is 8.44. The topological polar surface area (TPSA) is 117 Å². The molecule has 2 aromatic carbocycles. The fraction of sp³-hybridized carbons (Fsp3) is 0.464. The first kappa shape index (κ1) is 34.6. The number of hydrogen-bond acceptors (Lipinski definition) is 5. The number of rotatable bonds is 9. The largest absolute Gasteiger partial charge is 0.430 e. The molecule has 0 saturated carbocycles. The third kappa shape index (κ3) is 7.92. The Balaban J connectivity index is 1.29. The summed E-state index contributed by atoms with van der Waals surface area (Å²) in [6.45, 7) is 3.54. The number of carbonyl (C=O) groups excluding carboxylic acids is 3. The van der Waals surface area contributed by atoms with Gasteiger partial charge in [0.05, 0.1) is 0 Å². The molecule has 246 valence electrons. The van der Waals surface area contributed by atoms with E-state index in [0.717, 1.165) is 17.7 Å². The van der Waals surface area contributed by atoms with E-state index in [1.807, 2.05) is 4.90 Å². The van der Waals surface area contributed by atoms with Crippen LogP contribution in [-0.4, -0.2) is 102 Å². The Hall–Kier alpha value is -3.32. The number of nitrogens with zero attached hydrogens (tertiary/aromatic N) is 3. The average molecular weight is 756 g/mol. The third-order valence-electron chi connectivity index (χ3n) is 7.61. The molecule has 45 heavy (non-hydrogen) atoms. The van der Waals surface area contributed by atoms with Gasteiger partial charge in [-0.3, -0.25) is 9.69 Å². The summed E-state index contributed by atoms with van der Waals surface area (Å²) in [6.07, 6.45) is -11.9. The maximum absolute atomic E-state index is 13.2. The number of nitrogens with one attached hydrogen (secondary N) is 3. The summed E-state index contributed by atoms with van der Waals surface area (Å²) in [5, 5.41) is 17.7. The molecule has 2 heterocycles. The van der Waals surface area contributed by atoms with Crippen LogP contribution in [0.3, 0.4) is 0 Å². The van der Waals surface area contributed by atoms with Gasteiger partial charge >= 0.3 is 24.4 Å². The van der Waals surface area contributed by atoms with Gasteiger partial charge in [-0.05, 0) is 29.3 Å². The van der Waals surface area contributed by atoms with Gasteiger partial charge in [-0.15, -0.1) is 0 Å². The quantitative estimate of drug-likeness (QED) is 0.175. The van der Waals surface area contributed by atoms with Crippen LogP contribution in [0.1, 0.15) is 27.0 Å². The molecule has 0 aliphatic carbocycles. The lowest BCUT2D eigenvalue weighted by atomic mass is 9.91. The van der Waals surface area contributed by atoms with Gasteiger partial charge < -0.3 is 30.9 Å². The Kier molecular flexibility index (Phi) is 10.7. The van der Waals surface area contributed by atoms with Crippen molar-refractivity contribution in [1.82, 2.24) is 25.3 Å². The molecule has 2 saturated heterocycles. The molecular formula is C28H31F6IN6O4. The molecular weight excluding hydrogens is 725 g/mol. The van der Waals surface area contributed by atoms with Crippen LogP contribution in [-0.2, 0) is 16.6 Å². The zero-order chi connectivity index (χ0) is 33.0. The molecule has 17 heteroatoms. The van der Waals surface area contributed by atoms with E-state index in [0.29, 0.717) is 79.2 Å². The molecule has 2 fully saturated rings. The maximum Gasteiger partial charge on any atom is 0.430 e.